The molecule has 0 aliphatic heterocycles. The first-order valence-electron chi connectivity index (χ1n) is 5.50. The van der Waals surface area contributed by atoms with Crippen molar-refractivity contribution in [2.45, 2.75) is 57.9 Å². The molecule has 1 aliphatic rings. The molecule has 0 heterocycles. The van der Waals surface area contributed by atoms with Crippen LogP contribution < -0.4 is 5.32 Å². The van der Waals surface area contributed by atoms with Crippen molar-refractivity contribution in [3.8, 4) is 0 Å². The predicted molar refractivity (Wildman–Crippen MR) is 54.3 cm³/mol. The van der Waals surface area contributed by atoms with Gasteiger partial charge in [0.2, 0.25) is 0 Å². The van der Waals surface area contributed by atoms with Crippen LogP contribution in [0.15, 0.2) is 0 Å². The van der Waals surface area contributed by atoms with Crippen molar-refractivity contribution in [2.75, 3.05) is 7.05 Å². The summed E-state index contributed by atoms with van der Waals surface area (Å²) in [7, 11) is 2.11. The van der Waals surface area contributed by atoms with Gasteiger partial charge in [0.25, 0.3) is 0 Å². The molecule has 1 fully saturated rings. The van der Waals surface area contributed by atoms with Crippen LogP contribution in [-0.4, -0.2) is 13.1 Å². The minimum atomic E-state index is 0.790. The molecule has 0 bridgehead atoms. The maximum atomic E-state index is 3.43. The molecule has 1 rings (SSSR count). The van der Waals surface area contributed by atoms with Crippen molar-refractivity contribution in [3.63, 3.8) is 0 Å². The molecule has 1 nitrogen and oxygen atoms in total. The Kier molecular flexibility index (Phi) is 4.67. The first-order chi connectivity index (χ1) is 5.83. The molecule has 0 radical (unpaired) electrons. The summed E-state index contributed by atoms with van der Waals surface area (Å²) >= 11 is 0. The quantitative estimate of drug-likeness (QED) is 0.636. The number of hydrogen-bond donors (Lipinski definition) is 1. The number of rotatable bonds is 1. The second-order valence-electron chi connectivity index (χ2n) is 4.32. The number of hydrogen-bond acceptors (Lipinski definition) is 1. The highest BCUT2D eigenvalue weighted by atomic mass is 14.9. The van der Waals surface area contributed by atoms with Crippen LogP contribution in [0.4, 0.5) is 0 Å². The van der Waals surface area contributed by atoms with Crippen molar-refractivity contribution in [1.82, 2.24) is 5.32 Å². The van der Waals surface area contributed by atoms with Crippen LogP contribution in [0.5, 0.6) is 0 Å². The molecule has 2 atom stereocenters. The van der Waals surface area contributed by atoms with Gasteiger partial charge in [0.15, 0.2) is 0 Å². The SMILES string of the molecule is CNC1CCCCCCC(C)C1. The van der Waals surface area contributed by atoms with Crippen molar-refractivity contribution in [3.05, 3.63) is 0 Å². The first-order valence-corrected chi connectivity index (χ1v) is 5.50. The van der Waals surface area contributed by atoms with E-state index in [1.54, 1.807) is 0 Å². The predicted octanol–water partition coefficient (Wildman–Crippen LogP) is 2.95. The normalized spacial score (nSPS) is 33.5. The van der Waals surface area contributed by atoms with Crippen LogP contribution in [0.3, 0.4) is 0 Å². The standard InChI is InChI=1S/C11H23N/c1-10-7-5-3-4-6-8-11(9-10)12-2/h10-12H,3-9H2,1-2H3. The molecule has 1 N–H and O–H groups in total. The third-order valence-corrected chi connectivity index (χ3v) is 3.09. The van der Waals surface area contributed by atoms with E-state index in [2.05, 4.69) is 19.3 Å². The van der Waals surface area contributed by atoms with Crippen LogP contribution in [-0.2, 0) is 0 Å². The minimum Gasteiger partial charge on any atom is -0.317 e. The van der Waals surface area contributed by atoms with Crippen molar-refractivity contribution < 1.29 is 0 Å². The van der Waals surface area contributed by atoms with E-state index in [-0.39, 0.29) is 0 Å². The average Bonchev–Trinajstić information content (AvgIpc) is 2.16. The fourth-order valence-electron chi connectivity index (χ4n) is 2.22. The highest BCUT2D eigenvalue weighted by Gasteiger charge is 2.12. The van der Waals surface area contributed by atoms with Gasteiger partial charge in [0.1, 0.15) is 0 Å². The van der Waals surface area contributed by atoms with E-state index in [4.69, 9.17) is 0 Å². The summed E-state index contributed by atoms with van der Waals surface area (Å²) in [6, 6.07) is 0.790. The van der Waals surface area contributed by atoms with Gasteiger partial charge < -0.3 is 5.32 Å². The van der Waals surface area contributed by atoms with Gasteiger partial charge in [-0.15, -0.1) is 0 Å². The Hall–Kier alpha value is -0.0400. The Bertz CT molecular complexity index is 112. The van der Waals surface area contributed by atoms with Gasteiger partial charge in [0.05, 0.1) is 0 Å². The molecule has 12 heavy (non-hydrogen) atoms. The Labute approximate surface area is 76.9 Å². The summed E-state index contributed by atoms with van der Waals surface area (Å²) in [5, 5.41) is 3.43. The molecule has 0 amide bonds. The Morgan fingerprint density at radius 2 is 1.67 bits per heavy atom. The maximum absolute atomic E-state index is 3.43. The lowest BCUT2D eigenvalue weighted by Gasteiger charge is -2.18. The molecule has 0 aromatic rings. The highest BCUT2D eigenvalue weighted by Crippen LogP contribution is 2.21. The third-order valence-electron chi connectivity index (χ3n) is 3.09. The lowest BCUT2D eigenvalue weighted by Crippen LogP contribution is -2.26. The van der Waals surface area contributed by atoms with Gasteiger partial charge in [-0.2, -0.15) is 0 Å². The highest BCUT2D eigenvalue weighted by molar-refractivity contribution is 4.70. The number of nitrogens with one attached hydrogen (secondary N) is 1. The molecule has 0 saturated heterocycles. The van der Waals surface area contributed by atoms with Gasteiger partial charge in [-0.3, -0.25) is 0 Å². The van der Waals surface area contributed by atoms with Gasteiger partial charge in [0, 0.05) is 6.04 Å². The molecule has 0 aromatic heterocycles. The van der Waals surface area contributed by atoms with Crippen LogP contribution in [0.25, 0.3) is 0 Å². The van der Waals surface area contributed by atoms with E-state index in [1.807, 2.05) is 0 Å². The summed E-state index contributed by atoms with van der Waals surface area (Å²) in [6.07, 6.45) is 10.0. The van der Waals surface area contributed by atoms with Crippen LogP contribution in [0.1, 0.15) is 51.9 Å². The summed E-state index contributed by atoms with van der Waals surface area (Å²) in [6.45, 7) is 2.40. The summed E-state index contributed by atoms with van der Waals surface area (Å²) < 4.78 is 0. The molecule has 72 valence electrons. The minimum absolute atomic E-state index is 0.790. The summed E-state index contributed by atoms with van der Waals surface area (Å²) in [5.74, 6) is 0.931. The molecule has 1 aliphatic carbocycles. The zero-order valence-corrected chi connectivity index (χ0v) is 8.60. The molecule has 2 unspecified atom stereocenters. The van der Waals surface area contributed by atoms with E-state index in [9.17, 15) is 0 Å². The van der Waals surface area contributed by atoms with Gasteiger partial charge >= 0.3 is 0 Å². The smallest absolute Gasteiger partial charge is 0.00666 e. The van der Waals surface area contributed by atoms with Crippen molar-refractivity contribution in [2.24, 2.45) is 5.92 Å². The second kappa shape index (κ2) is 5.58. The molecule has 1 heteroatoms. The Morgan fingerprint density at radius 3 is 2.33 bits per heavy atom. The van der Waals surface area contributed by atoms with Gasteiger partial charge in [-0.05, 0) is 25.8 Å². The Morgan fingerprint density at radius 1 is 1.00 bits per heavy atom. The zero-order valence-electron chi connectivity index (χ0n) is 8.60. The molecule has 0 aromatic carbocycles. The van der Waals surface area contributed by atoms with E-state index in [0.717, 1.165) is 12.0 Å². The van der Waals surface area contributed by atoms with Crippen LogP contribution in [0, 0.1) is 5.92 Å². The summed E-state index contributed by atoms with van der Waals surface area (Å²) in [4.78, 5) is 0. The van der Waals surface area contributed by atoms with E-state index < -0.39 is 0 Å². The fourth-order valence-corrected chi connectivity index (χ4v) is 2.22. The third kappa shape index (κ3) is 3.57. The average molecular weight is 169 g/mol. The topological polar surface area (TPSA) is 12.0 Å². The first kappa shape index (κ1) is 10.0. The lowest BCUT2D eigenvalue weighted by atomic mass is 9.96. The van der Waals surface area contributed by atoms with E-state index >= 15 is 0 Å². The van der Waals surface area contributed by atoms with Crippen LogP contribution in [0.2, 0.25) is 0 Å². The maximum Gasteiger partial charge on any atom is 0.00666 e. The zero-order chi connectivity index (χ0) is 8.81. The largest absolute Gasteiger partial charge is 0.317 e. The molecule has 0 spiro atoms. The van der Waals surface area contributed by atoms with E-state index in [1.165, 1.54) is 44.9 Å². The van der Waals surface area contributed by atoms with Crippen molar-refractivity contribution in [1.29, 1.82) is 0 Å². The van der Waals surface area contributed by atoms with Gasteiger partial charge in [-0.1, -0.05) is 39.0 Å². The van der Waals surface area contributed by atoms with Crippen molar-refractivity contribution >= 4 is 0 Å². The van der Waals surface area contributed by atoms with Gasteiger partial charge in [-0.25, -0.2) is 0 Å². The lowest BCUT2D eigenvalue weighted by molar-refractivity contribution is 0.390. The van der Waals surface area contributed by atoms with E-state index in [0.29, 0.717) is 0 Å². The van der Waals surface area contributed by atoms with Crippen LogP contribution >= 0.6 is 0 Å². The Balaban J connectivity index is 2.32. The summed E-state index contributed by atoms with van der Waals surface area (Å²) in [5.41, 5.74) is 0. The molecular formula is C11H23N. The molecule has 1 saturated carbocycles. The molecular weight excluding hydrogens is 146 g/mol. The fraction of sp³-hybridized carbons (Fsp3) is 1.00. The second-order valence-corrected chi connectivity index (χ2v) is 4.32. The monoisotopic (exact) mass is 169 g/mol.